The van der Waals surface area contributed by atoms with Gasteiger partial charge in [0.2, 0.25) is 0 Å². The molecule has 2 heteroatoms. The summed E-state index contributed by atoms with van der Waals surface area (Å²) in [5.41, 5.74) is 1.90. The number of hydrogen-bond acceptors (Lipinski definition) is 1. The molecular formula is C10H9ClO. The minimum atomic E-state index is 0.704. The number of carbonyl (C=O) groups excluding carboxylic acids is 1. The van der Waals surface area contributed by atoms with Crippen LogP contribution in [0.1, 0.15) is 11.1 Å². The van der Waals surface area contributed by atoms with Gasteiger partial charge in [-0.05, 0) is 24.1 Å². The van der Waals surface area contributed by atoms with Gasteiger partial charge in [0.05, 0.1) is 5.02 Å². The molecule has 0 spiro atoms. The van der Waals surface area contributed by atoms with Crippen LogP contribution >= 0.6 is 11.6 Å². The first kappa shape index (κ1) is 9.01. The number of benzene rings is 1. The molecule has 0 bridgehead atoms. The molecule has 1 aromatic carbocycles. The number of rotatable bonds is 2. The van der Waals surface area contributed by atoms with E-state index < -0.39 is 0 Å². The molecule has 0 heterocycles. The van der Waals surface area contributed by atoms with E-state index in [1.165, 1.54) is 6.08 Å². The maximum absolute atomic E-state index is 10.0. The molecule has 0 aliphatic heterocycles. The van der Waals surface area contributed by atoms with Crippen molar-refractivity contribution in [3.63, 3.8) is 0 Å². The Morgan fingerprint density at radius 1 is 1.42 bits per heavy atom. The van der Waals surface area contributed by atoms with Crippen LogP contribution in [0.4, 0.5) is 0 Å². The van der Waals surface area contributed by atoms with Gasteiger partial charge in [0, 0.05) is 0 Å². The molecule has 62 valence electrons. The Labute approximate surface area is 76.7 Å². The van der Waals surface area contributed by atoms with E-state index in [-0.39, 0.29) is 0 Å². The molecular weight excluding hydrogens is 172 g/mol. The summed E-state index contributed by atoms with van der Waals surface area (Å²) in [5, 5.41) is 0.704. The Kier molecular flexibility index (Phi) is 3.06. The zero-order chi connectivity index (χ0) is 8.97. The topological polar surface area (TPSA) is 17.1 Å². The first-order valence-corrected chi connectivity index (χ1v) is 4.00. The van der Waals surface area contributed by atoms with Gasteiger partial charge in [-0.25, -0.2) is 0 Å². The monoisotopic (exact) mass is 180 g/mol. The summed E-state index contributed by atoms with van der Waals surface area (Å²) in [5.74, 6) is 0. The standard InChI is InChI=1S/C10H9ClO/c1-8-4-2-5-9(10(8)11)6-3-7-12/h2-7H,1H3. The normalized spacial score (nSPS) is 10.5. The largest absolute Gasteiger partial charge is 0.299 e. The summed E-state index contributed by atoms with van der Waals surface area (Å²) in [6, 6.07) is 5.71. The van der Waals surface area contributed by atoms with Crippen LogP contribution in [-0.4, -0.2) is 6.29 Å². The maximum atomic E-state index is 10.0. The molecule has 0 N–H and O–H groups in total. The zero-order valence-corrected chi connectivity index (χ0v) is 7.51. The van der Waals surface area contributed by atoms with Crippen molar-refractivity contribution in [2.75, 3.05) is 0 Å². The average Bonchev–Trinajstić information content (AvgIpc) is 2.08. The molecule has 0 radical (unpaired) electrons. The summed E-state index contributed by atoms with van der Waals surface area (Å²) in [6.45, 7) is 1.93. The molecule has 0 saturated heterocycles. The SMILES string of the molecule is Cc1cccc(C=CC=O)c1Cl. The number of halogens is 1. The minimum Gasteiger partial charge on any atom is -0.299 e. The third-order valence-corrected chi connectivity index (χ3v) is 2.09. The van der Waals surface area contributed by atoms with Crippen LogP contribution in [0.3, 0.4) is 0 Å². The van der Waals surface area contributed by atoms with E-state index in [0.29, 0.717) is 5.02 Å². The Bertz CT molecular complexity index is 316. The van der Waals surface area contributed by atoms with Crippen molar-refractivity contribution in [1.82, 2.24) is 0 Å². The first-order valence-electron chi connectivity index (χ1n) is 3.62. The molecule has 12 heavy (non-hydrogen) atoms. The molecule has 1 aromatic rings. The van der Waals surface area contributed by atoms with Crippen molar-refractivity contribution in [1.29, 1.82) is 0 Å². The fraction of sp³-hybridized carbons (Fsp3) is 0.100. The predicted octanol–water partition coefficient (Wildman–Crippen LogP) is 2.86. The molecule has 1 rings (SSSR count). The molecule has 0 aliphatic carbocycles. The second kappa shape index (κ2) is 4.07. The second-order valence-electron chi connectivity index (χ2n) is 2.47. The van der Waals surface area contributed by atoms with E-state index in [1.807, 2.05) is 25.1 Å². The third kappa shape index (κ3) is 1.95. The molecule has 0 aromatic heterocycles. The maximum Gasteiger partial charge on any atom is 0.142 e. The van der Waals surface area contributed by atoms with Crippen LogP contribution in [0, 0.1) is 6.92 Å². The van der Waals surface area contributed by atoms with Gasteiger partial charge >= 0.3 is 0 Å². The number of aryl methyl sites for hydroxylation is 1. The molecule has 0 aliphatic rings. The smallest absolute Gasteiger partial charge is 0.142 e. The lowest BCUT2D eigenvalue weighted by atomic mass is 10.1. The third-order valence-electron chi connectivity index (χ3n) is 1.58. The average molecular weight is 181 g/mol. The highest BCUT2D eigenvalue weighted by Gasteiger charge is 1.97. The zero-order valence-electron chi connectivity index (χ0n) is 6.75. The van der Waals surface area contributed by atoms with E-state index in [9.17, 15) is 4.79 Å². The van der Waals surface area contributed by atoms with Crippen LogP contribution in [0.25, 0.3) is 6.08 Å². The van der Waals surface area contributed by atoms with Crippen molar-refractivity contribution in [3.8, 4) is 0 Å². The Morgan fingerprint density at radius 2 is 2.17 bits per heavy atom. The van der Waals surface area contributed by atoms with Gasteiger partial charge in [-0.15, -0.1) is 0 Å². The van der Waals surface area contributed by atoms with Crippen LogP contribution in [0.15, 0.2) is 24.3 Å². The highest BCUT2D eigenvalue weighted by Crippen LogP contribution is 2.20. The minimum absolute atomic E-state index is 0.704. The van der Waals surface area contributed by atoms with Crippen molar-refractivity contribution in [3.05, 3.63) is 40.4 Å². The van der Waals surface area contributed by atoms with E-state index in [2.05, 4.69) is 0 Å². The van der Waals surface area contributed by atoms with Gasteiger partial charge < -0.3 is 0 Å². The van der Waals surface area contributed by atoms with Gasteiger partial charge in [-0.1, -0.05) is 35.9 Å². The number of carbonyl (C=O) groups is 1. The van der Waals surface area contributed by atoms with Crippen molar-refractivity contribution in [2.45, 2.75) is 6.92 Å². The highest BCUT2D eigenvalue weighted by molar-refractivity contribution is 6.32. The van der Waals surface area contributed by atoms with Crippen LogP contribution < -0.4 is 0 Å². The van der Waals surface area contributed by atoms with Gasteiger partial charge in [-0.2, -0.15) is 0 Å². The summed E-state index contributed by atoms with van der Waals surface area (Å²) in [7, 11) is 0. The van der Waals surface area contributed by atoms with Crippen LogP contribution in [-0.2, 0) is 4.79 Å². The van der Waals surface area contributed by atoms with Crippen LogP contribution in [0.2, 0.25) is 5.02 Å². The summed E-state index contributed by atoms with van der Waals surface area (Å²) in [6.07, 6.45) is 3.86. The molecule has 0 saturated carbocycles. The lowest BCUT2D eigenvalue weighted by Crippen LogP contribution is -1.79. The summed E-state index contributed by atoms with van der Waals surface area (Å²) >= 11 is 5.96. The Balaban J connectivity index is 3.07. The molecule has 0 amide bonds. The van der Waals surface area contributed by atoms with Crippen molar-refractivity contribution >= 4 is 24.0 Å². The van der Waals surface area contributed by atoms with E-state index in [4.69, 9.17) is 11.6 Å². The fourth-order valence-corrected chi connectivity index (χ4v) is 1.13. The number of hydrogen-bond donors (Lipinski definition) is 0. The van der Waals surface area contributed by atoms with Gasteiger partial charge in [0.1, 0.15) is 6.29 Å². The predicted molar refractivity (Wildman–Crippen MR) is 51.3 cm³/mol. The van der Waals surface area contributed by atoms with Crippen molar-refractivity contribution < 1.29 is 4.79 Å². The van der Waals surface area contributed by atoms with E-state index >= 15 is 0 Å². The second-order valence-corrected chi connectivity index (χ2v) is 2.85. The quantitative estimate of drug-likeness (QED) is 0.505. The van der Waals surface area contributed by atoms with E-state index in [0.717, 1.165) is 17.4 Å². The Hall–Kier alpha value is -1.08. The van der Waals surface area contributed by atoms with E-state index in [1.54, 1.807) is 6.08 Å². The molecule has 1 nitrogen and oxygen atoms in total. The number of aldehydes is 1. The summed E-state index contributed by atoms with van der Waals surface area (Å²) in [4.78, 5) is 10.0. The summed E-state index contributed by atoms with van der Waals surface area (Å²) < 4.78 is 0. The van der Waals surface area contributed by atoms with Gasteiger partial charge in [-0.3, -0.25) is 4.79 Å². The molecule has 0 unspecified atom stereocenters. The Morgan fingerprint density at radius 3 is 2.83 bits per heavy atom. The molecule has 0 atom stereocenters. The van der Waals surface area contributed by atoms with Crippen LogP contribution in [0.5, 0.6) is 0 Å². The van der Waals surface area contributed by atoms with Crippen molar-refractivity contribution in [2.24, 2.45) is 0 Å². The van der Waals surface area contributed by atoms with Gasteiger partial charge in [0.25, 0.3) is 0 Å². The fourth-order valence-electron chi connectivity index (χ4n) is 0.942. The lowest BCUT2D eigenvalue weighted by molar-refractivity contribution is -0.104. The molecule has 0 fully saturated rings. The lowest BCUT2D eigenvalue weighted by Gasteiger charge is -2.00. The number of allylic oxidation sites excluding steroid dienone is 1. The first-order chi connectivity index (χ1) is 5.75. The highest BCUT2D eigenvalue weighted by atomic mass is 35.5. The van der Waals surface area contributed by atoms with Gasteiger partial charge in [0.15, 0.2) is 0 Å².